The standard InChI is InChI=1S/C14H26O3/c1-10-8-14(15,6-7-16-10)11-9-12(2,3)17-13(11,4)5/h10-11,15H,6-9H2,1-5H3. The fraction of sp³-hybridized carbons (Fsp3) is 1.00. The fourth-order valence-corrected chi connectivity index (χ4v) is 3.81. The second kappa shape index (κ2) is 3.94. The minimum Gasteiger partial charge on any atom is -0.389 e. The van der Waals surface area contributed by atoms with Gasteiger partial charge in [0.05, 0.1) is 22.9 Å². The van der Waals surface area contributed by atoms with Crippen LogP contribution in [0.5, 0.6) is 0 Å². The highest BCUT2D eigenvalue weighted by Gasteiger charge is 2.55. The van der Waals surface area contributed by atoms with Crippen molar-refractivity contribution in [3.05, 3.63) is 0 Å². The molecule has 1 N–H and O–H groups in total. The van der Waals surface area contributed by atoms with Crippen LogP contribution >= 0.6 is 0 Å². The first-order valence-corrected chi connectivity index (χ1v) is 6.69. The van der Waals surface area contributed by atoms with Gasteiger partial charge in [0.2, 0.25) is 0 Å². The van der Waals surface area contributed by atoms with E-state index in [1.165, 1.54) is 0 Å². The van der Waals surface area contributed by atoms with E-state index in [1.54, 1.807) is 0 Å². The lowest BCUT2D eigenvalue weighted by molar-refractivity contribution is -0.159. The highest BCUT2D eigenvalue weighted by atomic mass is 16.5. The number of hydrogen-bond acceptors (Lipinski definition) is 3. The summed E-state index contributed by atoms with van der Waals surface area (Å²) in [5.74, 6) is 0.191. The molecule has 2 saturated heterocycles. The van der Waals surface area contributed by atoms with E-state index in [0.29, 0.717) is 6.61 Å². The van der Waals surface area contributed by atoms with Gasteiger partial charge in [-0.1, -0.05) is 0 Å². The van der Waals surface area contributed by atoms with E-state index in [9.17, 15) is 5.11 Å². The maximum Gasteiger partial charge on any atom is 0.0750 e. The summed E-state index contributed by atoms with van der Waals surface area (Å²) in [5, 5.41) is 10.9. The maximum atomic E-state index is 10.9. The van der Waals surface area contributed by atoms with Gasteiger partial charge in [-0.3, -0.25) is 0 Å². The monoisotopic (exact) mass is 242 g/mol. The topological polar surface area (TPSA) is 38.7 Å². The van der Waals surface area contributed by atoms with Gasteiger partial charge in [0.15, 0.2) is 0 Å². The molecule has 0 bridgehead atoms. The van der Waals surface area contributed by atoms with Gasteiger partial charge in [-0.05, 0) is 47.5 Å². The van der Waals surface area contributed by atoms with Crippen LogP contribution in [-0.4, -0.2) is 34.6 Å². The largest absolute Gasteiger partial charge is 0.389 e. The first-order chi connectivity index (χ1) is 7.65. The van der Waals surface area contributed by atoms with Gasteiger partial charge in [-0.25, -0.2) is 0 Å². The summed E-state index contributed by atoms with van der Waals surface area (Å²) < 4.78 is 11.7. The van der Waals surface area contributed by atoms with Crippen LogP contribution in [0.3, 0.4) is 0 Å². The molecule has 3 unspecified atom stereocenters. The average Bonchev–Trinajstić information content (AvgIpc) is 2.34. The first kappa shape index (κ1) is 13.3. The molecule has 3 nitrogen and oxygen atoms in total. The molecule has 2 aliphatic rings. The van der Waals surface area contributed by atoms with Gasteiger partial charge >= 0.3 is 0 Å². The van der Waals surface area contributed by atoms with Crippen molar-refractivity contribution in [2.24, 2.45) is 5.92 Å². The highest BCUT2D eigenvalue weighted by molar-refractivity contribution is 5.05. The molecule has 0 saturated carbocycles. The fourth-order valence-electron chi connectivity index (χ4n) is 3.81. The lowest BCUT2D eigenvalue weighted by Gasteiger charge is -2.44. The van der Waals surface area contributed by atoms with E-state index in [1.807, 2.05) is 6.92 Å². The highest BCUT2D eigenvalue weighted by Crippen LogP contribution is 2.50. The van der Waals surface area contributed by atoms with Crippen LogP contribution in [0.25, 0.3) is 0 Å². The normalized spacial score (nSPS) is 44.8. The van der Waals surface area contributed by atoms with Crippen LogP contribution < -0.4 is 0 Å². The van der Waals surface area contributed by atoms with Gasteiger partial charge < -0.3 is 14.6 Å². The van der Waals surface area contributed by atoms with E-state index in [4.69, 9.17) is 9.47 Å². The van der Waals surface area contributed by atoms with Crippen LogP contribution in [0.1, 0.15) is 53.9 Å². The van der Waals surface area contributed by atoms with Crippen molar-refractivity contribution in [2.75, 3.05) is 6.61 Å². The number of ether oxygens (including phenoxy) is 2. The molecule has 2 aliphatic heterocycles. The Hall–Kier alpha value is -0.120. The lowest BCUT2D eigenvalue weighted by Crippen LogP contribution is -2.51. The van der Waals surface area contributed by atoms with Crippen LogP contribution in [0.2, 0.25) is 0 Å². The molecule has 2 fully saturated rings. The van der Waals surface area contributed by atoms with E-state index in [0.717, 1.165) is 19.3 Å². The molecule has 2 rings (SSSR count). The van der Waals surface area contributed by atoms with Crippen LogP contribution in [-0.2, 0) is 9.47 Å². The van der Waals surface area contributed by atoms with E-state index < -0.39 is 5.60 Å². The first-order valence-electron chi connectivity index (χ1n) is 6.69. The molecule has 0 aliphatic carbocycles. The predicted molar refractivity (Wildman–Crippen MR) is 66.9 cm³/mol. The molecule has 3 atom stereocenters. The Labute approximate surface area is 104 Å². The zero-order valence-electron chi connectivity index (χ0n) is 11.7. The second-order valence-electron chi connectivity index (χ2n) is 6.96. The Morgan fingerprint density at radius 3 is 2.24 bits per heavy atom. The second-order valence-corrected chi connectivity index (χ2v) is 6.96. The van der Waals surface area contributed by atoms with Crippen LogP contribution in [0.4, 0.5) is 0 Å². The summed E-state index contributed by atoms with van der Waals surface area (Å²) in [4.78, 5) is 0. The molecule has 2 heterocycles. The number of rotatable bonds is 1. The number of aliphatic hydroxyl groups is 1. The third-order valence-electron chi connectivity index (χ3n) is 4.30. The SMILES string of the molecule is CC1CC(O)(C2CC(C)(C)OC2(C)C)CCO1. The van der Waals surface area contributed by atoms with Crippen LogP contribution in [0, 0.1) is 5.92 Å². The van der Waals surface area contributed by atoms with Crippen molar-refractivity contribution < 1.29 is 14.6 Å². The van der Waals surface area contributed by atoms with Crippen molar-refractivity contribution in [3.63, 3.8) is 0 Å². The maximum absolute atomic E-state index is 10.9. The molecular weight excluding hydrogens is 216 g/mol. The lowest BCUT2D eigenvalue weighted by atomic mass is 9.70. The van der Waals surface area contributed by atoms with Gasteiger partial charge in [0.25, 0.3) is 0 Å². The Kier molecular flexibility index (Phi) is 3.08. The Bertz CT molecular complexity index is 298. The smallest absolute Gasteiger partial charge is 0.0750 e. The van der Waals surface area contributed by atoms with Crippen molar-refractivity contribution in [1.82, 2.24) is 0 Å². The van der Waals surface area contributed by atoms with Crippen molar-refractivity contribution in [1.29, 1.82) is 0 Å². The summed E-state index contributed by atoms with van der Waals surface area (Å²) >= 11 is 0. The van der Waals surface area contributed by atoms with Gasteiger partial charge in [0, 0.05) is 18.9 Å². The Balaban J connectivity index is 2.21. The van der Waals surface area contributed by atoms with E-state index >= 15 is 0 Å². The molecule has 0 aromatic rings. The molecule has 3 heteroatoms. The summed E-state index contributed by atoms with van der Waals surface area (Å²) in [6.45, 7) is 11.1. The number of hydrogen-bond donors (Lipinski definition) is 1. The summed E-state index contributed by atoms with van der Waals surface area (Å²) in [7, 11) is 0. The quantitative estimate of drug-likeness (QED) is 0.768. The average molecular weight is 242 g/mol. The third-order valence-corrected chi connectivity index (χ3v) is 4.30. The minimum absolute atomic E-state index is 0.133. The Morgan fingerprint density at radius 1 is 1.12 bits per heavy atom. The molecular formula is C14H26O3. The molecule has 0 radical (unpaired) electrons. The zero-order chi connectivity index (χ0) is 12.9. The minimum atomic E-state index is -0.630. The van der Waals surface area contributed by atoms with Crippen molar-refractivity contribution in [3.8, 4) is 0 Å². The zero-order valence-corrected chi connectivity index (χ0v) is 11.7. The molecule has 0 amide bonds. The molecule has 100 valence electrons. The van der Waals surface area contributed by atoms with Gasteiger partial charge in [-0.2, -0.15) is 0 Å². The summed E-state index contributed by atoms with van der Waals surface area (Å²) in [5.41, 5.74) is -1.02. The third kappa shape index (κ3) is 2.51. The van der Waals surface area contributed by atoms with E-state index in [2.05, 4.69) is 27.7 Å². The molecule has 17 heavy (non-hydrogen) atoms. The Morgan fingerprint density at radius 2 is 1.76 bits per heavy atom. The summed E-state index contributed by atoms with van der Waals surface area (Å²) in [6, 6.07) is 0. The molecule has 0 aromatic carbocycles. The van der Waals surface area contributed by atoms with Gasteiger partial charge in [0.1, 0.15) is 0 Å². The van der Waals surface area contributed by atoms with Crippen molar-refractivity contribution in [2.45, 2.75) is 76.8 Å². The molecule has 0 spiro atoms. The van der Waals surface area contributed by atoms with Crippen LogP contribution in [0.15, 0.2) is 0 Å². The molecule has 0 aromatic heterocycles. The van der Waals surface area contributed by atoms with Gasteiger partial charge in [-0.15, -0.1) is 0 Å². The summed E-state index contributed by atoms with van der Waals surface area (Å²) in [6.07, 6.45) is 2.52. The predicted octanol–water partition coefficient (Wildman–Crippen LogP) is 2.51. The van der Waals surface area contributed by atoms with E-state index in [-0.39, 0.29) is 23.2 Å². The van der Waals surface area contributed by atoms with Crippen molar-refractivity contribution >= 4 is 0 Å².